The van der Waals surface area contributed by atoms with E-state index in [4.69, 9.17) is 21.1 Å². The van der Waals surface area contributed by atoms with Gasteiger partial charge in [0.15, 0.2) is 6.10 Å². The van der Waals surface area contributed by atoms with Crippen LogP contribution in [0.1, 0.15) is 6.92 Å². The first-order chi connectivity index (χ1) is 12.1. The first kappa shape index (κ1) is 17.6. The van der Waals surface area contributed by atoms with Gasteiger partial charge in [-0.3, -0.25) is 4.79 Å². The van der Waals surface area contributed by atoms with E-state index in [9.17, 15) is 4.79 Å². The number of carbonyl (C=O) groups excluding carboxylic acids is 1. The molecule has 25 heavy (non-hydrogen) atoms. The molecule has 5 nitrogen and oxygen atoms in total. The highest BCUT2D eigenvalue weighted by Gasteiger charge is 2.16. The SMILES string of the molecule is CC(Oc1cccc(Cl)c1)C(=O)Nc1cccc(N2CCOCC2)c1. The van der Waals surface area contributed by atoms with E-state index in [-0.39, 0.29) is 5.91 Å². The fraction of sp³-hybridized carbons (Fsp3) is 0.316. The molecule has 1 fully saturated rings. The van der Waals surface area contributed by atoms with Crippen LogP contribution in [-0.2, 0) is 9.53 Å². The van der Waals surface area contributed by atoms with Crippen molar-refractivity contribution in [1.82, 2.24) is 0 Å². The van der Waals surface area contributed by atoms with Crippen molar-refractivity contribution in [3.05, 3.63) is 53.6 Å². The first-order valence-corrected chi connectivity index (χ1v) is 8.65. The number of morpholine rings is 1. The third kappa shape index (κ3) is 4.87. The van der Waals surface area contributed by atoms with Crippen molar-refractivity contribution in [1.29, 1.82) is 0 Å². The molecule has 0 aliphatic carbocycles. The van der Waals surface area contributed by atoms with Gasteiger partial charge in [-0.05, 0) is 43.3 Å². The molecule has 1 N–H and O–H groups in total. The fourth-order valence-electron chi connectivity index (χ4n) is 2.64. The standard InChI is InChI=1S/C19H21ClN2O3/c1-14(25-18-7-2-4-15(20)12-18)19(23)21-16-5-3-6-17(13-16)22-8-10-24-11-9-22/h2-7,12-14H,8-11H2,1H3,(H,21,23). The molecule has 0 saturated carbocycles. The van der Waals surface area contributed by atoms with Crippen molar-refractivity contribution in [3.8, 4) is 5.75 Å². The maximum absolute atomic E-state index is 12.4. The van der Waals surface area contributed by atoms with Gasteiger partial charge >= 0.3 is 0 Å². The van der Waals surface area contributed by atoms with Crippen LogP contribution < -0.4 is 15.0 Å². The quantitative estimate of drug-likeness (QED) is 0.885. The number of amides is 1. The Bertz CT molecular complexity index is 732. The van der Waals surface area contributed by atoms with Crippen molar-refractivity contribution in [2.24, 2.45) is 0 Å². The summed E-state index contributed by atoms with van der Waals surface area (Å²) in [4.78, 5) is 14.6. The molecule has 2 aromatic carbocycles. The van der Waals surface area contributed by atoms with E-state index < -0.39 is 6.10 Å². The summed E-state index contributed by atoms with van der Waals surface area (Å²) >= 11 is 5.93. The number of nitrogens with zero attached hydrogens (tertiary/aromatic N) is 1. The average Bonchev–Trinajstić information content (AvgIpc) is 2.62. The Labute approximate surface area is 152 Å². The maximum Gasteiger partial charge on any atom is 0.265 e. The molecule has 0 spiro atoms. The molecule has 1 atom stereocenters. The van der Waals surface area contributed by atoms with E-state index in [0.29, 0.717) is 10.8 Å². The summed E-state index contributed by atoms with van der Waals surface area (Å²) in [5.74, 6) is 0.358. The minimum atomic E-state index is -0.634. The number of halogens is 1. The minimum Gasteiger partial charge on any atom is -0.481 e. The molecule has 2 aromatic rings. The molecule has 1 amide bonds. The highest BCUT2D eigenvalue weighted by atomic mass is 35.5. The second-order valence-electron chi connectivity index (χ2n) is 5.86. The Morgan fingerprint density at radius 3 is 2.72 bits per heavy atom. The monoisotopic (exact) mass is 360 g/mol. The maximum atomic E-state index is 12.4. The van der Waals surface area contributed by atoms with Gasteiger partial charge in [0.05, 0.1) is 13.2 Å². The number of hydrogen-bond donors (Lipinski definition) is 1. The third-order valence-corrected chi connectivity index (χ3v) is 4.20. The minimum absolute atomic E-state index is 0.209. The van der Waals surface area contributed by atoms with Crippen LogP contribution in [0.2, 0.25) is 5.02 Å². The fourth-order valence-corrected chi connectivity index (χ4v) is 2.82. The second kappa shape index (κ2) is 8.23. The van der Waals surface area contributed by atoms with Gasteiger partial charge in [0.25, 0.3) is 5.91 Å². The predicted molar refractivity (Wildman–Crippen MR) is 99.6 cm³/mol. The van der Waals surface area contributed by atoms with Crippen molar-refractivity contribution in [3.63, 3.8) is 0 Å². The highest BCUT2D eigenvalue weighted by Crippen LogP contribution is 2.22. The van der Waals surface area contributed by atoms with Crippen LogP contribution in [0.5, 0.6) is 5.75 Å². The summed E-state index contributed by atoms with van der Waals surface area (Å²) in [6, 6.07) is 14.8. The topological polar surface area (TPSA) is 50.8 Å². The predicted octanol–water partition coefficient (Wildman–Crippen LogP) is 3.58. The second-order valence-corrected chi connectivity index (χ2v) is 6.29. The van der Waals surface area contributed by atoms with Crippen LogP contribution in [0.15, 0.2) is 48.5 Å². The van der Waals surface area contributed by atoms with Gasteiger partial charge < -0.3 is 19.7 Å². The van der Waals surface area contributed by atoms with Gasteiger partial charge in [0, 0.05) is 29.5 Å². The van der Waals surface area contributed by atoms with E-state index in [1.165, 1.54) is 0 Å². The molecule has 1 saturated heterocycles. The molecule has 132 valence electrons. The summed E-state index contributed by atoms with van der Waals surface area (Å²) in [6.07, 6.45) is -0.634. The highest BCUT2D eigenvalue weighted by molar-refractivity contribution is 6.30. The first-order valence-electron chi connectivity index (χ1n) is 8.28. The van der Waals surface area contributed by atoms with Gasteiger partial charge in [-0.2, -0.15) is 0 Å². The van der Waals surface area contributed by atoms with E-state index in [0.717, 1.165) is 37.7 Å². The van der Waals surface area contributed by atoms with Crippen molar-refractivity contribution in [2.75, 3.05) is 36.5 Å². The molecule has 6 heteroatoms. The summed E-state index contributed by atoms with van der Waals surface area (Å²) in [5.41, 5.74) is 1.82. The zero-order chi connectivity index (χ0) is 17.6. The van der Waals surface area contributed by atoms with E-state index in [1.807, 2.05) is 24.3 Å². The molecule has 3 rings (SSSR count). The number of hydrogen-bond acceptors (Lipinski definition) is 4. The molecular weight excluding hydrogens is 340 g/mol. The number of nitrogens with one attached hydrogen (secondary N) is 1. The smallest absolute Gasteiger partial charge is 0.265 e. The number of rotatable bonds is 5. The van der Waals surface area contributed by atoms with Gasteiger partial charge in [0.1, 0.15) is 5.75 Å². The molecular formula is C19H21ClN2O3. The van der Waals surface area contributed by atoms with Crippen LogP contribution in [-0.4, -0.2) is 38.3 Å². The largest absolute Gasteiger partial charge is 0.481 e. The molecule has 0 bridgehead atoms. The lowest BCUT2D eigenvalue weighted by Gasteiger charge is -2.29. The van der Waals surface area contributed by atoms with E-state index in [1.54, 1.807) is 31.2 Å². The van der Waals surface area contributed by atoms with Crippen molar-refractivity contribution in [2.45, 2.75) is 13.0 Å². The molecule has 1 unspecified atom stereocenters. The Hall–Kier alpha value is -2.24. The molecule has 1 aliphatic heterocycles. The molecule has 1 heterocycles. The van der Waals surface area contributed by atoms with Gasteiger partial charge in [-0.25, -0.2) is 0 Å². The van der Waals surface area contributed by atoms with Crippen LogP contribution >= 0.6 is 11.6 Å². The lowest BCUT2D eigenvalue weighted by molar-refractivity contribution is -0.122. The summed E-state index contributed by atoms with van der Waals surface area (Å²) in [6.45, 7) is 4.86. The van der Waals surface area contributed by atoms with Gasteiger partial charge in [-0.1, -0.05) is 23.7 Å². The lowest BCUT2D eigenvalue weighted by Crippen LogP contribution is -2.36. The number of benzene rings is 2. The Morgan fingerprint density at radius 1 is 1.20 bits per heavy atom. The van der Waals surface area contributed by atoms with E-state index in [2.05, 4.69) is 10.2 Å². The summed E-state index contributed by atoms with van der Waals surface area (Å²) < 4.78 is 11.0. The Morgan fingerprint density at radius 2 is 1.96 bits per heavy atom. The normalized spacial score (nSPS) is 15.5. The Kier molecular flexibility index (Phi) is 5.79. The van der Waals surface area contributed by atoms with Gasteiger partial charge in [-0.15, -0.1) is 0 Å². The van der Waals surface area contributed by atoms with Crippen LogP contribution in [0.3, 0.4) is 0 Å². The number of anilines is 2. The van der Waals surface area contributed by atoms with Crippen molar-refractivity contribution < 1.29 is 14.3 Å². The summed E-state index contributed by atoms with van der Waals surface area (Å²) in [5, 5.41) is 3.47. The summed E-state index contributed by atoms with van der Waals surface area (Å²) in [7, 11) is 0. The zero-order valence-electron chi connectivity index (χ0n) is 14.1. The Balaban J connectivity index is 1.62. The lowest BCUT2D eigenvalue weighted by atomic mass is 10.2. The molecule has 0 aromatic heterocycles. The van der Waals surface area contributed by atoms with Gasteiger partial charge in [0.2, 0.25) is 0 Å². The number of carbonyl (C=O) groups is 1. The number of ether oxygens (including phenoxy) is 2. The molecule has 0 radical (unpaired) electrons. The molecule has 1 aliphatic rings. The van der Waals surface area contributed by atoms with E-state index >= 15 is 0 Å². The van der Waals surface area contributed by atoms with Crippen LogP contribution in [0.25, 0.3) is 0 Å². The van der Waals surface area contributed by atoms with Crippen LogP contribution in [0, 0.1) is 0 Å². The average molecular weight is 361 g/mol. The zero-order valence-corrected chi connectivity index (χ0v) is 14.8. The van der Waals surface area contributed by atoms with Crippen molar-refractivity contribution >= 4 is 28.9 Å². The van der Waals surface area contributed by atoms with Crippen LogP contribution in [0.4, 0.5) is 11.4 Å². The third-order valence-electron chi connectivity index (χ3n) is 3.97.